The minimum Gasteiger partial charge on any atom is -0.497 e. The summed E-state index contributed by atoms with van der Waals surface area (Å²) in [5.74, 6) is 1.26. The molecule has 2 spiro atoms. The molecule has 4 atom stereocenters. The lowest BCUT2D eigenvalue weighted by Crippen LogP contribution is -2.55. The number of aliphatic hydroxyl groups excluding tert-OH is 1. The van der Waals surface area contributed by atoms with Crippen LogP contribution in [0.5, 0.6) is 28.7 Å². The number of nitrogens with zero attached hydrogens (tertiary/aromatic N) is 2. The van der Waals surface area contributed by atoms with Crippen LogP contribution in [0.25, 0.3) is 0 Å². The summed E-state index contributed by atoms with van der Waals surface area (Å²) in [4.78, 5) is 58.3. The van der Waals surface area contributed by atoms with Crippen LogP contribution in [0.4, 0.5) is 0 Å². The molecular weight excluding hydrogens is 745 g/mol. The minimum atomic E-state index is -1.08. The number of carbonyl (C=O) groups is 4. The van der Waals surface area contributed by atoms with Gasteiger partial charge in [0.1, 0.15) is 46.9 Å². The van der Waals surface area contributed by atoms with E-state index in [0.717, 1.165) is 69.8 Å². The largest absolute Gasteiger partial charge is 0.497 e. The fourth-order valence-corrected chi connectivity index (χ4v) is 9.93. The summed E-state index contributed by atoms with van der Waals surface area (Å²) in [6, 6.07) is 6.69. The van der Waals surface area contributed by atoms with Crippen LogP contribution >= 0.6 is 0 Å². The van der Waals surface area contributed by atoms with Gasteiger partial charge in [0, 0.05) is 50.2 Å². The van der Waals surface area contributed by atoms with Gasteiger partial charge in [-0.2, -0.15) is 0 Å². The Labute approximate surface area is 342 Å². The van der Waals surface area contributed by atoms with Gasteiger partial charge in [-0.25, -0.2) is 0 Å². The standard InChI is InChI=1S/C44H62N4O10/c1-28(49)39(47-26-43(22-37(47)50)15-9-7-10-16-43)41(52)46-25-33-35(56-5)20-32(21-36(33)57-6)58-29(2)40(48-27-44(23-38(48)51)17-11-8-12-18-44)42(53)45-24-30-19-31(54-3)13-14-34(30)55-4/h13-14,19-21,28-29,39-40,49H,7-12,15-18,22-27H2,1-6H3,(H,45,53)(H,46,52)/t28-,29-,39+,40+/m1/s1. The van der Waals surface area contributed by atoms with Crippen molar-refractivity contribution in [2.24, 2.45) is 10.8 Å². The first-order valence-electron chi connectivity index (χ1n) is 20.8. The summed E-state index contributed by atoms with van der Waals surface area (Å²) in [5, 5.41) is 16.7. The van der Waals surface area contributed by atoms with E-state index in [2.05, 4.69) is 10.6 Å². The number of likely N-dealkylation sites (tertiary alicyclic amines) is 2. The molecule has 4 amide bonds. The van der Waals surface area contributed by atoms with E-state index in [4.69, 9.17) is 23.7 Å². The third-order valence-electron chi connectivity index (χ3n) is 12.9. The van der Waals surface area contributed by atoms with E-state index in [-0.39, 0.29) is 41.6 Å². The first kappa shape index (κ1) is 42.9. The molecule has 2 aliphatic carbocycles. The number of carbonyl (C=O) groups excluding carboxylic acids is 4. The molecule has 2 aromatic carbocycles. The second-order valence-corrected chi connectivity index (χ2v) is 16.9. The maximum absolute atomic E-state index is 14.3. The molecule has 2 aliphatic heterocycles. The van der Waals surface area contributed by atoms with Gasteiger partial charge >= 0.3 is 0 Å². The average Bonchev–Trinajstić information content (AvgIpc) is 3.69. The van der Waals surface area contributed by atoms with Crippen LogP contribution in [0.2, 0.25) is 0 Å². The van der Waals surface area contributed by atoms with Crippen molar-refractivity contribution >= 4 is 23.6 Å². The molecule has 58 heavy (non-hydrogen) atoms. The van der Waals surface area contributed by atoms with Gasteiger partial charge < -0.3 is 49.2 Å². The number of rotatable bonds is 16. The summed E-state index contributed by atoms with van der Waals surface area (Å²) in [5.41, 5.74) is 0.949. The Kier molecular flexibility index (Phi) is 13.7. The number of hydrogen-bond donors (Lipinski definition) is 3. The van der Waals surface area contributed by atoms with Gasteiger partial charge in [-0.05, 0) is 68.6 Å². The van der Waals surface area contributed by atoms with Crippen molar-refractivity contribution in [2.75, 3.05) is 41.5 Å². The van der Waals surface area contributed by atoms with Gasteiger partial charge in [-0.1, -0.05) is 38.5 Å². The maximum atomic E-state index is 14.3. The van der Waals surface area contributed by atoms with Crippen LogP contribution < -0.4 is 34.3 Å². The molecule has 14 heteroatoms. The summed E-state index contributed by atoms with van der Waals surface area (Å²) >= 11 is 0. The van der Waals surface area contributed by atoms with Gasteiger partial charge in [-0.3, -0.25) is 19.2 Å². The minimum absolute atomic E-state index is 0.0134. The van der Waals surface area contributed by atoms with E-state index in [1.54, 1.807) is 61.3 Å². The van der Waals surface area contributed by atoms with Gasteiger partial charge in [-0.15, -0.1) is 0 Å². The predicted octanol–water partition coefficient (Wildman–Crippen LogP) is 4.90. The Balaban J connectivity index is 1.20. The SMILES string of the molecule is COc1ccc(OC)c(CNC(=O)[C@H]([C@@H](C)Oc2cc(OC)c(CNC(=O)[C@H]([C@@H](C)O)N3CC4(CCCCC4)CC3=O)c(OC)c2)N2CC3(CCCCC3)CC2=O)c1. The van der Waals surface area contributed by atoms with Crippen molar-refractivity contribution in [3.63, 3.8) is 0 Å². The van der Waals surface area contributed by atoms with E-state index in [9.17, 15) is 24.3 Å². The van der Waals surface area contributed by atoms with Crippen LogP contribution in [0.15, 0.2) is 30.3 Å². The molecule has 318 valence electrons. The van der Waals surface area contributed by atoms with Crippen LogP contribution in [0.1, 0.15) is 102 Å². The number of methoxy groups -OCH3 is 4. The van der Waals surface area contributed by atoms with Crippen molar-refractivity contribution < 1.29 is 48.0 Å². The van der Waals surface area contributed by atoms with Crippen molar-refractivity contribution in [3.05, 3.63) is 41.5 Å². The van der Waals surface area contributed by atoms with Crippen molar-refractivity contribution in [3.8, 4) is 28.7 Å². The monoisotopic (exact) mass is 806 g/mol. The molecule has 2 heterocycles. The highest BCUT2D eigenvalue weighted by Gasteiger charge is 2.50. The molecule has 0 unspecified atom stereocenters. The smallest absolute Gasteiger partial charge is 0.246 e. The highest BCUT2D eigenvalue weighted by Crippen LogP contribution is 2.46. The number of ether oxygens (including phenoxy) is 5. The van der Waals surface area contributed by atoms with Crippen LogP contribution in [-0.4, -0.2) is 104 Å². The number of hydrogen-bond acceptors (Lipinski definition) is 10. The number of amides is 4. The summed E-state index contributed by atoms with van der Waals surface area (Å²) in [6.07, 6.45) is 9.25. The highest BCUT2D eigenvalue weighted by molar-refractivity contribution is 5.90. The lowest BCUT2D eigenvalue weighted by molar-refractivity contribution is -0.141. The zero-order valence-corrected chi connectivity index (χ0v) is 35.0. The van der Waals surface area contributed by atoms with Gasteiger partial charge in [0.15, 0.2) is 0 Å². The molecule has 6 rings (SSSR count). The second-order valence-electron chi connectivity index (χ2n) is 16.9. The van der Waals surface area contributed by atoms with Gasteiger partial charge in [0.2, 0.25) is 23.6 Å². The van der Waals surface area contributed by atoms with E-state index in [1.807, 2.05) is 0 Å². The zero-order valence-electron chi connectivity index (χ0n) is 35.0. The van der Waals surface area contributed by atoms with Gasteiger partial charge in [0.25, 0.3) is 0 Å². The molecular formula is C44H62N4O10. The van der Waals surface area contributed by atoms with Gasteiger partial charge in [0.05, 0.1) is 46.7 Å². The molecule has 0 radical (unpaired) electrons. The van der Waals surface area contributed by atoms with Crippen LogP contribution in [-0.2, 0) is 32.3 Å². The third-order valence-corrected chi connectivity index (χ3v) is 12.9. The Morgan fingerprint density at radius 1 is 0.672 bits per heavy atom. The quantitative estimate of drug-likeness (QED) is 0.213. The van der Waals surface area contributed by atoms with Crippen LogP contribution in [0.3, 0.4) is 0 Å². The number of nitrogens with one attached hydrogen (secondary N) is 2. The Morgan fingerprint density at radius 2 is 1.17 bits per heavy atom. The fourth-order valence-electron chi connectivity index (χ4n) is 9.93. The molecule has 2 saturated carbocycles. The van der Waals surface area contributed by atoms with Crippen LogP contribution in [0, 0.1) is 10.8 Å². The Hall–Kier alpha value is -4.72. The summed E-state index contributed by atoms with van der Waals surface area (Å²) in [7, 11) is 6.12. The highest BCUT2D eigenvalue weighted by atomic mass is 16.5. The number of benzene rings is 2. The topological polar surface area (TPSA) is 165 Å². The first-order valence-corrected chi connectivity index (χ1v) is 20.8. The lowest BCUT2D eigenvalue weighted by atomic mass is 9.73. The van der Waals surface area contributed by atoms with E-state index < -0.39 is 30.2 Å². The van der Waals surface area contributed by atoms with E-state index >= 15 is 0 Å². The van der Waals surface area contributed by atoms with Crippen molar-refractivity contribution in [2.45, 2.75) is 128 Å². The molecule has 4 aliphatic rings. The Morgan fingerprint density at radius 3 is 1.67 bits per heavy atom. The average molecular weight is 807 g/mol. The maximum Gasteiger partial charge on any atom is 0.246 e. The molecule has 4 fully saturated rings. The van der Waals surface area contributed by atoms with E-state index in [1.165, 1.54) is 21.1 Å². The Bertz CT molecular complexity index is 1780. The fraction of sp³-hybridized carbons (Fsp3) is 0.636. The lowest BCUT2D eigenvalue weighted by Gasteiger charge is -2.36. The molecule has 3 N–H and O–H groups in total. The van der Waals surface area contributed by atoms with Crippen molar-refractivity contribution in [1.82, 2.24) is 20.4 Å². The predicted molar refractivity (Wildman–Crippen MR) is 216 cm³/mol. The summed E-state index contributed by atoms with van der Waals surface area (Å²) in [6.45, 7) is 4.37. The first-order chi connectivity index (χ1) is 27.8. The van der Waals surface area contributed by atoms with E-state index in [0.29, 0.717) is 60.2 Å². The zero-order chi connectivity index (χ0) is 41.6. The molecule has 0 bridgehead atoms. The summed E-state index contributed by atoms with van der Waals surface area (Å²) < 4.78 is 29.0. The third kappa shape index (κ3) is 9.27. The molecule has 2 saturated heterocycles. The molecule has 2 aromatic rings. The molecule has 0 aromatic heterocycles. The van der Waals surface area contributed by atoms with Crippen molar-refractivity contribution in [1.29, 1.82) is 0 Å². The molecule has 14 nitrogen and oxygen atoms in total. The number of aliphatic hydroxyl groups is 1. The second kappa shape index (κ2) is 18.5. The normalized spacial score (nSPS) is 20.7.